The van der Waals surface area contributed by atoms with E-state index in [4.69, 9.17) is 0 Å². The van der Waals surface area contributed by atoms with Crippen LogP contribution in [0.5, 0.6) is 0 Å². The van der Waals surface area contributed by atoms with E-state index in [0.717, 1.165) is 11.4 Å². The van der Waals surface area contributed by atoms with Gasteiger partial charge in [-0.1, -0.05) is 111 Å². The third-order valence-corrected chi connectivity index (χ3v) is 10.1. The van der Waals surface area contributed by atoms with Crippen LogP contribution < -0.4 is 14.7 Å². The lowest BCUT2D eigenvalue weighted by molar-refractivity contribution is 0.629. The molecule has 3 nitrogen and oxygen atoms in total. The Morgan fingerprint density at radius 3 is 1.04 bits per heavy atom. The molecule has 0 bridgehead atoms. The van der Waals surface area contributed by atoms with Crippen LogP contribution in [-0.2, 0) is 5.41 Å². The number of benzene rings is 6. The lowest BCUT2D eigenvalue weighted by atomic mass is 9.73. The molecular weight excluding hydrogens is 571 g/mol. The van der Waals surface area contributed by atoms with Crippen LogP contribution in [0, 0.1) is 0 Å². The summed E-state index contributed by atoms with van der Waals surface area (Å²) in [5.74, 6) is 0. The molecule has 0 fully saturated rings. The standard InChI is InChI=1S/C44H35N3/c1-44(2)36-28-34(46-38-16-8-4-12-30(38)20-21-31-13-5-9-17-39(31)46)24-26-42(36)45(3)43-27-25-35(29-37(43)44)47-40-18-10-6-14-32(40)22-23-33-15-7-11-19-41(33)47/h4-29H,1-3H3. The third kappa shape index (κ3) is 4.20. The number of anilines is 8. The number of hydrogen-bond donors (Lipinski definition) is 0. The van der Waals surface area contributed by atoms with Gasteiger partial charge in [-0.3, -0.25) is 0 Å². The zero-order valence-corrected chi connectivity index (χ0v) is 26.9. The van der Waals surface area contributed by atoms with Crippen molar-refractivity contribution >= 4 is 69.8 Å². The van der Waals surface area contributed by atoms with Gasteiger partial charge < -0.3 is 14.7 Å². The van der Waals surface area contributed by atoms with Gasteiger partial charge >= 0.3 is 0 Å². The summed E-state index contributed by atoms with van der Waals surface area (Å²) in [6.45, 7) is 4.76. The second-order valence-electron chi connectivity index (χ2n) is 13.2. The van der Waals surface area contributed by atoms with Crippen molar-refractivity contribution in [3.8, 4) is 0 Å². The number of rotatable bonds is 2. The molecule has 0 aliphatic carbocycles. The molecule has 3 heteroatoms. The maximum atomic E-state index is 2.42. The Labute approximate surface area is 277 Å². The van der Waals surface area contributed by atoms with E-state index in [1.807, 2.05) is 0 Å². The maximum Gasteiger partial charge on any atom is 0.0534 e. The highest BCUT2D eigenvalue weighted by Crippen LogP contribution is 2.53. The fourth-order valence-electron chi connectivity index (χ4n) is 7.69. The van der Waals surface area contributed by atoms with Gasteiger partial charge in [0.15, 0.2) is 0 Å². The monoisotopic (exact) mass is 605 g/mol. The largest absolute Gasteiger partial charge is 0.344 e. The summed E-state index contributed by atoms with van der Waals surface area (Å²) in [5.41, 5.74) is 16.7. The molecule has 47 heavy (non-hydrogen) atoms. The summed E-state index contributed by atoms with van der Waals surface area (Å²) in [5, 5.41) is 0. The van der Waals surface area contributed by atoms with Crippen molar-refractivity contribution in [1.29, 1.82) is 0 Å². The average Bonchev–Trinajstić information content (AvgIpc) is 3.39. The molecule has 0 unspecified atom stereocenters. The Morgan fingerprint density at radius 1 is 0.383 bits per heavy atom. The van der Waals surface area contributed by atoms with E-state index in [2.05, 4.69) is 193 Å². The number of hydrogen-bond acceptors (Lipinski definition) is 3. The average molecular weight is 606 g/mol. The van der Waals surface area contributed by atoms with Gasteiger partial charge in [-0.05, 0) is 94.0 Å². The van der Waals surface area contributed by atoms with Gasteiger partial charge in [0, 0.05) is 35.2 Å². The first-order valence-corrected chi connectivity index (χ1v) is 16.3. The Hall–Kier alpha value is -5.80. The zero-order chi connectivity index (χ0) is 31.7. The highest BCUT2D eigenvalue weighted by molar-refractivity contribution is 5.96. The summed E-state index contributed by atoms with van der Waals surface area (Å²) in [7, 11) is 2.20. The first-order chi connectivity index (χ1) is 23.0. The molecule has 6 aromatic carbocycles. The smallest absolute Gasteiger partial charge is 0.0534 e. The van der Waals surface area contributed by atoms with E-state index in [-0.39, 0.29) is 5.41 Å². The van der Waals surface area contributed by atoms with Crippen molar-refractivity contribution in [3.05, 3.63) is 167 Å². The van der Waals surface area contributed by atoms with Crippen molar-refractivity contribution in [3.63, 3.8) is 0 Å². The van der Waals surface area contributed by atoms with Crippen molar-refractivity contribution < 1.29 is 0 Å². The van der Waals surface area contributed by atoms with Gasteiger partial charge in [0.05, 0.1) is 22.7 Å². The van der Waals surface area contributed by atoms with Crippen molar-refractivity contribution in [2.24, 2.45) is 0 Å². The molecule has 0 spiro atoms. The lowest BCUT2D eigenvalue weighted by Crippen LogP contribution is -2.31. The van der Waals surface area contributed by atoms with Gasteiger partial charge in [-0.15, -0.1) is 0 Å². The summed E-state index contributed by atoms with van der Waals surface area (Å²) in [6.07, 6.45) is 8.93. The summed E-state index contributed by atoms with van der Waals surface area (Å²) in [6, 6.07) is 48.7. The second-order valence-corrected chi connectivity index (χ2v) is 13.2. The highest BCUT2D eigenvalue weighted by Gasteiger charge is 2.37. The fourth-order valence-corrected chi connectivity index (χ4v) is 7.69. The Morgan fingerprint density at radius 2 is 0.702 bits per heavy atom. The summed E-state index contributed by atoms with van der Waals surface area (Å²) in [4.78, 5) is 7.21. The summed E-state index contributed by atoms with van der Waals surface area (Å²) >= 11 is 0. The first-order valence-electron chi connectivity index (χ1n) is 16.3. The molecule has 3 aliphatic rings. The van der Waals surface area contributed by atoms with Crippen LogP contribution in [0.15, 0.2) is 133 Å². The Bertz CT molecular complexity index is 2020. The van der Waals surface area contributed by atoms with Crippen LogP contribution >= 0.6 is 0 Å². The quantitative estimate of drug-likeness (QED) is 0.194. The molecule has 0 saturated carbocycles. The topological polar surface area (TPSA) is 9.72 Å². The minimum absolute atomic E-state index is 0.254. The van der Waals surface area contributed by atoms with Crippen LogP contribution in [0.2, 0.25) is 0 Å². The van der Waals surface area contributed by atoms with Crippen LogP contribution in [0.4, 0.5) is 45.5 Å². The minimum atomic E-state index is -0.254. The van der Waals surface area contributed by atoms with Gasteiger partial charge in [0.1, 0.15) is 0 Å². The predicted molar refractivity (Wildman–Crippen MR) is 200 cm³/mol. The zero-order valence-electron chi connectivity index (χ0n) is 26.9. The van der Waals surface area contributed by atoms with E-state index < -0.39 is 0 Å². The van der Waals surface area contributed by atoms with E-state index in [1.54, 1.807) is 0 Å². The molecule has 0 N–H and O–H groups in total. The Kier molecular flexibility index (Phi) is 6.07. The van der Waals surface area contributed by atoms with Gasteiger partial charge in [0.25, 0.3) is 0 Å². The minimum Gasteiger partial charge on any atom is -0.344 e. The molecule has 3 heterocycles. The van der Waals surface area contributed by atoms with E-state index in [0.29, 0.717) is 0 Å². The maximum absolute atomic E-state index is 2.42. The summed E-state index contributed by atoms with van der Waals surface area (Å²) < 4.78 is 0. The van der Waals surface area contributed by atoms with Gasteiger partial charge in [-0.25, -0.2) is 0 Å². The second kappa shape index (κ2) is 10.4. The van der Waals surface area contributed by atoms with Gasteiger partial charge in [0.2, 0.25) is 0 Å². The molecule has 0 radical (unpaired) electrons. The van der Waals surface area contributed by atoms with Crippen molar-refractivity contribution in [2.45, 2.75) is 19.3 Å². The van der Waals surface area contributed by atoms with E-state index in [9.17, 15) is 0 Å². The Balaban J connectivity index is 1.21. The first kappa shape index (κ1) is 27.5. The molecular formula is C44H35N3. The van der Waals surface area contributed by atoms with E-state index in [1.165, 1.54) is 67.5 Å². The van der Waals surface area contributed by atoms with Crippen LogP contribution in [0.3, 0.4) is 0 Å². The molecule has 0 saturated heterocycles. The molecule has 6 aromatic rings. The normalized spacial score (nSPS) is 15.0. The van der Waals surface area contributed by atoms with Crippen LogP contribution in [0.1, 0.15) is 47.2 Å². The molecule has 0 amide bonds. The molecule has 0 aromatic heterocycles. The molecule has 226 valence electrons. The SMILES string of the molecule is CN1c2ccc(N3c4ccccc4C=Cc4ccccc43)cc2C(C)(C)c2cc(N3c4ccccc4C=Cc4ccccc43)ccc21. The highest BCUT2D eigenvalue weighted by atomic mass is 15.2. The molecule has 9 rings (SSSR count). The molecule has 0 atom stereocenters. The van der Waals surface area contributed by atoms with Gasteiger partial charge in [-0.2, -0.15) is 0 Å². The predicted octanol–water partition coefficient (Wildman–Crippen LogP) is 12.0. The fraction of sp³-hybridized carbons (Fsp3) is 0.0909. The van der Waals surface area contributed by atoms with Crippen LogP contribution in [0.25, 0.3) is 24.3 Å². The number of para-hydroxylation sites is 4. The third-order valence-electron chi connectivity index (χ3n) is 10.1. The number of nitrogens with zero attached hydrogens (tertiary/aromatic N) is 3. The lowest BCUT2D eigenvalue weighted by Gasteiger charge is -2.42. The van der Waals surface area contributed by atoms with Crippen molar-refractivity contribution in [1.82, 2.24) is 0 Å². The number of fused-ring (bicyclic) bond motifs is 6. The van der Waals surface area contributed by atoms with Crippen molar-refractivity contribution in [2.75, 3.05) is 21.7 Å². The van der Waals surface area contributed by atoms with Crippen LogP contribution in [-0.4, -0.2) is 7.05 Å². The molecule has 3 aliphatic heterocycles. The van der Waals surface area contributed by atoms with E-state index >= 15 is 0 Å².